The van der Waals surface area contributed by atoms with Crippen molar-refractivity contribution in [3.8, 4) is 113 Å². The van der Waals surface area contributed by atoms with Crippen molar-refractivity contribution >= 4 is 87.2 Å². The molecule has 0 saturated heterocycles. The lowest BCUT2D eigenvalue weighted by Gasteiger charge is -2.12. The van der Waals surface area contributed by atoms with Crippen LogP contribution in [0.5, 0.6) is 0 Å². The Morgan fingerprint density at radius 3 is 0.679 bits per heavy atom. The van der Waals surface area contributed by atoms with Gasteiger partial charge in [-0.15, -0.1) is 0 Å². The molecule has 0 fully saturated rings. The van der Waals surface area contributed by atoms with E-state index in [1.807, 2.05) is 72.8 Å². The molecule has 0 saturated carbocycles. The molecule has 22 aromatic rings. The first kappa shape index (κ1) is 65.2. The number of nitrogens with zero attached hydrogens (tertiary/aromatic N) is 8. The molecule has 0 N–H and O–H groups in total. The molecule has 0 amide bonds. The molecule has 0 radical (unpaired) electrons. The highest BCUT2D eigenvalue weighted by Gasteiger charge is 2.21. The molecule has 0 unspecified atom stereocenters. The van der Waals surface area contributed by atoms with Crippen molar-refractivity contribution in [3.05, 3.63) is 413 Å². The molecule has 0 aliphatic rings. The molecule has 0 atom stereocenters. The van der Waals surface area contributed by atoms with E-state index in [2.05, 4.69) is 358 Å². The van der Waals surface area contributed by atoms with E-state index in [-0.39, 0.29) is 0 Å². The van der Waals surface area contributed by atoms with E-state index in [0.717, 1.165) is 89.9 Å². The number of hydrogen-bond donors (Lipinski definition) is 0. The largest absolute Gasteiger partial charge is 0.309 e. The van der Waals surface area contributed by atoms with E-state index in [0.29, 0.717) is 11.6 Å². The Bertz CT molecular complexity index is 7200. The van der Waals surface area contributed by atoms with Crippen LogP contribution < -0.4 is 0 Å². The fraction of sp³-hybridized carbons (Fsp3) is 0. The molecule has 524 valence electrons. The average Bonchev–Trinajstić information content (AvgIpc) is 1.59. The monoisotopic (exact) mass is 1430 g/mol. The number of hydrogen-bond acceptors (Lipinski definition) is 4. The summed E-state index contributed by atoms with van der Waals surface area (Å²) in [6.07, 6.45) is 0. The molecule has 8 nitrogen and oxygen atoms in total. The summed E-state index contributed by atoms with van der Waals surface area (Å²) in [6.45, 7) is 0. The van der Waals surface area contributed by atoms with E-state index in [1.54, 1.807) is 0 Å². The van der Waals surface area contributed by atoms with E-state index in [4.69, 9.17) is 19.9 Å². The summed E-state index contributed by atoms with van der Waals surface area (Å²) >= 11 is 0. The molecular formula is C104H68N8. The lowest BCUT2D eigenvalue weighted by Crippen LogP contribution is -1.97. The maximum atomic E-state index is 5.08. The van der Waals surface area contributed by atoms with Gasteiger partial charge in [-0.25, -0.2) is 19.9 Å². The Morgan fingerprint density at radius 2 is 0.357 bits per heavy atom. The molecule has 0 spiro atoms. The van der Waals surface area contributed by atoms with Crippen LogP contribution in [0.1, 0.15) is 0 Å². The number of para-hydroxylation sites is 6. The van der Waals surface area contributed by atoms with Gasteiger partial charge in [-0.3, -0.25) is 0 Å². The fourth-order valence-electron chi connectivity index (χ4n) is 16.6. The lowest BCUT2D eigenvalue weighted by molar-refractivity contribution is 1.16. The Hall–Kier alpha value is -15.1. The van der Waals surface area contributed by atoms with Gasteiger partial charge < -0.3 is 18.3 Å². The zero-order valence-corrected chi connectivity index (χ0v) is 60.8. The molecule has 6 aromatic heterocycles. The number of benzene rings is 16. The zero-order valence-electron chi connectivity index (χ0n) is 60.8. The van der Waals surface area contributed by atoms with Crippen LogP contribution in [0.3, 0.4) is 0 Å². The molecule has 16 aromatic carbocycles. The maximum Gasteiger partial charge on any atom is 0.160 e. The highest BCUT2D eigenvalue weighted by atomic mass is 15.0. The summed E-state index contributed by atoms with van der Waals surface area (Å²) in [4.78, 5) is 20.3. The standard InChI is InChI=1S/2C52H34N4/c1-4-14-35(15-5-1)46-34-47(36-16-6-2-7-17-36)54-52(53-46)37-24-28-41(29-25-37)55-49-23-13-11-21-43(49)45-32-38(27-31-50(45)55)39-26-30-44-42-20-10-12-22-48(42)56(51(44)33-39)40-18-8-3-9-19-40;1-4-14-35(15-5-1)46-34-47(36-16-6-2-7-17-36)54-52(53-46)37-24-28-41(29-25-37)56-48-22-12-10-20-42(48)44-30-26-39(33-51(44)56)38-27-31-50-45(32-38)43-21-11-13-23-49(43)55(50)40-18-8-3-9-19-40/h2*1-34H. The predicted molar refractivity (Wildman–Crippen MR) is 465 cm³/mol. The van der Waals surface area contributed by atoms with Crippen LogP contribution in [-0.4, -0.2) is 38.2 Å². The summed E-state index contributed by atoms with van der Waals surface area (Å²) in [7, 11) is 0. The van der Waals surface area contributed by atoms with Crippen LogP contribution in [-0.2, 0) is 0 Å². The number of rotatable bonds is 12. The summed E-state index contributed by atoms with van der Waals surface area (Å²) < 4.78 is 9.50. The minimum atomic E-state index is 0.699. The molecule has 112 heavy (non-hydrogen) atoms. The Balaban J connectivity index is 0.000000141. The van der Waals surface area contributed by atoms with Gasteiger partial charge in [-0.05, 0) is 168 Å². The van der Waals surface area contributed by atoms with Crippen molar-refractivity contribution in [2.45, 2.75) is 0 Å². The highest BCUT2D eigenvalue weighted by Crippen LogP contribution is 2.43. The minimum Gasteiger partial charge on any atom is -0.309 e. The van der Waals surface area contributed by atoms with Gasteiger partial charge in [0, 0.05) is 99.2 Å². The summed E-state index contributed by atoms with van der Waals surface area (Å²) in [5, 5.41) is 9.89. The van der Waals surface area contributed by atoms with E-state index in [1.165, 1.54) is 98.4 Å². The van der Waals surface area contributed by atoms with Gasteiger partial charge >= 0.3 is 0 Å². The van der Waals surface area contributed by atoms with Crippen LogP contribution in [0.25, 0.3) is 200 Å². The van der Waals surface area contributed by atoms with Crippen molar-refractivity contribution < 1.29 is 0 Å². The smallest absolute Gasteiger partial charge is 0.160 e. The molecule has 8 heteroatoms. The van der Waals surface area contributed by atoms with Gasteiger partial charge in [0.05, 0.1) is 66.9 Å². The van der Waals surface area contributed by atoms with Crippen LogP contribution in [0.4, 0.5) is 0 Å². The van der Waals surface area contributed by atoms with Gasteiger partial charge in [-0.1, -0.05) is 267 Å². The van der Waals surface area contributed by atoms with Crippen molar-refractivity contribution in [2.75, 3.05) is 0 Å². The van der Waals surface area contributed by atoms with E-state index >= 15 is 0 Å². The van der Waals surface area contributed by atoms with Crippen molar-refractivity contribution in [1.82, 2.24) is 38.2 Å². The molecule has 6 heterocycles. The van der Waals surface area contributed by atoms with Crippen molar-refractivity contribution in [1.29, 1.82) is 0 Å². The number of aromatic nitrogens is 8. The van der Waals surface area contributed by atoms with Crippen LogP contribution in [0.15, 0.2) is 413 Å². The SMILES string of the molecule is c1ccc(-c2cc(-c3ccccc3)nc(-c3ccc(-n4c5ccccc5c5cc(-c6ccc7c8ccccc8n(-c8ccccc8)c7c6)ccc54)cc3)n2)cc1.c1ccc(-c2cc(-c3ccccc3)nc(-c3ccc(-n4c5ccccc5c5ccc(-c6ccc7c(c6)c6ccccc6n7-c6ccccc6)cc54)cc3)n2)cc1. The van der Waals surface area contributed by atoms with Crippen molar-refractivity contribution in [2.24, 2.45) is 0 Å². The Labute approximate surface area is 646 Å². The van der Waals surface area contributed by atoms with Gasteiger partial charge in [-0.2, -0.15) is 0 Å². The fourth-order valence-corrected chi connectivity index (χ4v) is 16.6. The second kappa shape index (κ2) is 27.6. The van der Waals surface area contributed by atoms with E-state index < -0.39 is 0 Å². The zero-order chi connectivity index (χ0) is 74.0. The third-order valence-corrected chi connectivity index (χ3v) is 21.9. The maximum absolute atomic E-state index is 5.08. The highest BCUT2D eigenvalue weighted by molar-refractivity contribution is 6.15. The second-order valence-corrected chi connectivity index (χ2v) is 28.5. The van der Waals surface area contributed by atoms with Crippen LogP contribution >= 0.6 is 0 Å². The van der Waals surface area contributed by atoms with Crippen LogP contribution in [0, 0.1) is 0 Å². The molecule has 0 aliphatic heterocycles. The molecule has 0 bridgehead atoms. The normalized spacial score (nSPS) is 11.6. The van der Waals surface area contributed by atoms with Crippen molar-refractivity contribution in [3.63, 3.8) is 0 Å². The molecule has 0 aliphatic carbocycles. The second-order valence-electron chi connectivity index (χ2n) is 28.5. The number of fused-ring (bicyclic) bond motifs is 12. The quantitative estimate of drug-likeness (QED) is 0.122. The predicted octanol–water partition coefficient (Wildman–Crippen LogP) is 26.7. The van der Waals surface area contributed by atoms with E-state index in [9.17, 15) is 0 Å². The topological polar surface area (TPSA) is 71.3 Å². The molecular weight excluding hydrogens is 1360 g/mol. The van der Waals surface area contributed by atoms with Crippen LogP contribution in [0.2, 0.25) is 0 Å². The van der Waals surface area contributed by atoms with Gasteiger partial charge in [0.15, 0.2) is 11.6 Å². The molecule has 22 rings (SSSR count). The third-order valence-electron chi connectivity index (χ3n) is 21.9. The first-order valence-corrected chi connectivity index (χ1v) is 38.0. The van der Waals surface area contributed by atoms with Gasteiger partial charge in [0.1, 0.15) is 0 Å². The lowest BCUT2D eigenvalue weighted by atomic mass is 10.0. The van der Waals surface area contributed by atoms with Gasteiger partial charge in [0.25, 0.3) is 0 Å². The van der Waals surface area contributed by atoms with Gasteiger partial charge in [0.2, 0.25) is 0 Å². The minimum absolute atomic E-state index is 0.699. The Morgan fingerprint density at radius 1 is 0.134 bits per heavy atom. The first-order valence-electron chi connectivity index (χ1n) is 38.0. The Kier molecular flexibility index (Phi) is 16.1. The summed E-state index contributed by atoms with van der Waals surface area (Å²) in [5.74, 6) is 1.40. The summed E-state index contributed by atoms with van der Waals surface area (Å²) in [6, 6.07) is 146. The summed E-state index contributed by atoms with van der Waals surface area (Å²) in [5.41, 5.74) is 28.5. The third kappa shape index (κ3) is 11.6. The average molecular weight is 1430 g/mol. The first-order chi connectivity index (χ1) is 55.5.